The second kappa shape index (κ2) is 8.00. The van der Waals surface area contributed by atoms with Crippen molar-refractivity contribution >= 4 is 41.2 Å². The van der Waals surface area contributed by atoms with E-state index < -0.39 is 17.8 Å². The van der Waals surface area contributed by atoms with Crippen molar-refractivity contribution < 1.29 is 14.4 Å². The Balaban J connectivity index is 1.71. The molecule has 6 nitrogen and oxygen atoms in total. The zero-order chi connectivity index (χ0) is 21.3. The van der Waals surface area contributed by atoms with E-state index in [1.807, 2.05) is 42.0 Å². The molecule has 2 heterocycles. The fourth-order valence-corrected chi connectivity index (χ4v) is 3.40. The smallest absolute Gasteiger partial charge is 0.317 e. The summed E-state index contributed by atoms with van der Waals surface area (Å²) in [6.07, 6.45) is 4.13. The number of barbiturate groups is 1. The van der Waals surface area contributed by atoms with E-state index in [-0.39, 0.29) is 5.57 Å². The van der Waals surface area contributed by atoms with E-state index in [1.54, 1.807) is 36.4 Å². The normalized spacial score (nSPS) is 15.6. The zero-order valence-corrected chi connectivity index (χ0v) is 16.9. The summed E-state index contributed by atoms with van der Waals surface area (Å²) >= 11 is 5.96. The molecule has 1 N–H and O–H groups in total. The second-order valence-electron chi connectivity index (χ2n) is 6.76. The molecule has 0 unspecified atom stereocenters. The van der Waals surface area contributed by atoms with E-state index in [4.69, 9.17) is 11.6 Å². The molecule has 0 saturated carbocycles. The lowest BCUT2D eigenvalue weighted by Gasteiger charge is -2.26. The number of aryl methyl sites for hydroxylation is 1. The summed E-state index contributed by atoms with van der Waals surface area (Å²) in [7, 11) is 0. The predicted molar refractivity (Wildman–Crippen MR) is 116 cm³/mol. The Morgan fingerprint density at radius 1 is 0.933 bits per heavy atom. The average molecular weight is 420 g/mol. The fourth-order valence-electron chi connectivity index (χ4n) is 3.27. The van der Waals surface area contributed by atoms with Crippen molar-refractivity contribution in [1.82, 2.24) is 9.88 Å². The summed E-state index contributed by atoms with van der Waals surface area (Å²) in [5, 5.41) is 2.86. The van der Waals surface area contributed by atoms with Crippen LogP contribution in [0.4, 0.5) is 10.5 Å². The molecule has 1 aromatic heterocycles. The third-order valence-electron chi connectivity index (χ3n) is 4.88. The van der Waals surface area contributed by atoms with Crippen molar-refractivity contribution in [2.75, 3.05) is 4.90 Å². The number of amides is 4. The van der Waals surface area contributed by atoms with E-state index in [2.05, 4.69) is 5.32 Å². The van der Waals surface area contributed by atoms with E-state index in [0.717, 1.165) is 22.6 Å². The van der Waals surface area contributed by atoms with Gasteiger partial charge < -0.3 is 4.57 Å². The maximum atomic E-state index is 13.1. The van der Waals surface area contributed by atoms with Crippen LogP contribution >= 0.6 is 11.6 Å². The van der Waals surface area contributed by atoms with Gasteiger partial charge in [0.25, 0.3) is 11.8 Å². The number of hydrogen-bond acceptors (Lipinski definition) is 3. The van der Waals surface area contributed by atoms with Crippen LogP contribution in [0.25, 0.3) is 11.8 Å². The SMILES string of the molecule is CCc1ccc(N2C(=O)NC(=O)/C(=C\c3cccn3-c3ccc(Cl)cc3)C2=O)cc1. The summed E-state index contributed by atoms with van der Waals surface area (Å²) in [6, 6.07) is 17.1. The molecule has 1 aliphatic heterocycles. The first-order chi connectivity index (χ1) is 14.5. The van der Waals surface area contributed by atoms with Crippen LogP contribution in [0.3, 0.4) is 0 Å². The maximum Gasteiger partial charge on any atom is 0.335 e. The first kappa shape index (κ1) is 19.7. The Kier molecular flexibility index (Phi) is 5.25. The van der Waals surface area contributed by atoms with Gasteiger partial charge in [-0.15, -0.1) is 0 Å². The molecular weight excluding hydrogens is 402 g/mol. The Labute approximate surface area is 178 Å². The number of urea groups is 1. The number of carbonyl (C=O) groups is 3. The first-order valence-corrected chi connectivity index (χ1v) is 9.79. The van der Waals surface area contributed by atoms with Crippen molar-refractivity contribution in [2.24, 2.45) is 0 Å². The van der Waals surface area contributed by atoms with E-state index in [1.165, 1.54) is 6.08 Å². The molecule has 0 atom stereocenters. The molecule has 0 spiro atoms. The number of benzene rings is 2. The Morgan fingerprint density at radius 2 is 1.60 bits per heavy atom. The highest BCUT2D eigenvalue weighted by Crippen LogP contribution is 2.24. The highest BCUT2D eigenvalue weighted by Gasteiger charge is 2.36. The molecule has 7 heteroatoms. The number of halogens is 1. The lowest BCUT2D eigenvalue weighted by Crippen LogP contribution is -2.54. The number of aromatic nitrogens is 1. The van der Waals surface area contributed by atoms with Crippen LogP contribution in [-0.2, 0) is 16.0 Å². The van der Waals surface area contributed by atoms with Gasteiger partial charge in [0, 0.05) is 22.6 Å². The fraction of sp³-hybridized carbons (Fsp3) is 0.0870. The minimum absolute atomic E-state index is 0.122. The number of nitrogens with one attached hydrogen (secondary N) is 1. The minimum atomic E-state index is -0.764. The summed E-state index contributed by atoms with van der Waals surface area (Å²) in [5.74, 6) is -1.40. The monoisotopic (exact) mass is 419 g/mol. The van der Waals surface area contributed by atoms with Crippen LogP contribution in [0.2, 0.25) is 5.02 Å². The summed E-state index contributed by atoms with van der Waals surface area (Å²) in [4.78, 5) is 38.8. The molecule has 1 fully saturated rings. The van der Waals surface area contributed by atoms with Gasteiger partial charge in [0.15, 0.2) is 0 Å². The largest absolute Gasteiger partial charge is 0.335 e. The van der Waals surface area contributed by atoms with Crippen molar-refractivity contribution in [1.29, 1.82) is 0 Å². The molecular formula is C23H18ClN3O3. The maximum absolute atomic E-state index is 13.1. The topological polar surface area (TPSA) is 71.4 Å². The van der Waals surface area contributed by atoms with Crippen LogP contribution in [0.15, 0.2) is 72.4 Å². The van der Waals surface area contributed by atoms with Gasteiger partial charge in [-0.1, -0.05) is 30.7 Å². The third kappa shape index (κ3) is 3.65. The van der Waals surface area contributed by atoms with Crippen LogP contribution in [0.5, 0.6) is 0 Å². The number of nitrogens with zero attached hydrogens (tertiary/aromatic N) is 2. The van der Waals surface area contributed by atoms with Crippen molar-refractivity contribution in [3.63, 3.8) is 0 Å². The van der Waals surface area contributed by atoms with Gasteiger partial charge in [0.05, 0.1) is 5.69 Å². The molecule has 2 aromatic carbocycles. The molecule has 1 saturated heterocycles. The Bertz CT molecular complexity index is 1160. The summed E-state index contributed by atoms with van der Waals surface area (Å²) < 4.78 is 1.82. The second-order valence-corrected chi connectivity index (χ2v) is 7.19. The van der Waals surface area contributed by atoms with E-state index >= 15 is 0 Å². The number of imide groups is 2. The van der Waals surface area contributed by atoms with E-state index in [0.29, 0.717) is 16.4 Å². The molecule has 0 radical (unpaired) electrons. The first-order valence-electron chi connectivity index (χ1n) is 9.41. The minimum Gasteiger partial charge on any atom is -0.317 e. The van der Waals surface area contributed by atoms with Crippen LogP contribution in [-0.4, -0.2) is 22.4 Å². The molecule has 150 valence electrons. The number of hydrogen-bond donors (Lipinski definition) is 1. The van der Waals surface area contributed by atoms with Gasteiger partial charge in [-0.3, -0.25) is 14.9 Å². The Morgan fingerprint density at radius 3 is 2.27 bits per heavy atom. The summed E-state index contributed by atoms with van der Waals surface area (Å²) in [5.41, 5.74) is 2.80. The molecule has 3 aromatic rings. The predicted octanol–water partition coefficient (Wildman–Crippen LogP) is 4.36. The van der Waals surface area contributed by atoms with Crippen molar-refractivity contribution in [3.8, 4) is 5.69 Å². The van der Waals surface area contributed by atoms with Gasteiger partial charge in [0.1, 0.15) is 5.57 Å². The Hall–Kier alpha value is -3.64. The van der Waals surface area contributed by atoms with Gasteiger partial charge >= 0.3 is 6.03 Å². The molecule has 1 aliphatic rings. The molecule has 0 aliphatic carbocycles. The standard InChI is InChI=1S/C23H18ClN3O3/c1-2-15-5-9-18(10-6-15)27-22(29)20(21(28)25-23(27)30)14-19-4-3-13-26(19)17-11-7-16(24)8-12-17/h3-14H,2H2,1H3,(H,25,28,30)/b20-14+. The number of rotatable bonds is 4. The highest BCUT2D eigenvalue weighted by atomic mass is 35.5. The zero-order valence-electron chi connectivity index (χ0n) is 16.1. The van der Waals surface area contributed by atoms with Crippen LogP contribution < -0.4 is 10.2 Å². The van der Waals surface area contributed by atoms with Gasteiger partial charge in [0.2, 0.25) is 0 Å². The lowest BCUT2D eigenvalue weighted by atomic mass is 10.1. The molecule has 0 bridgehead atoms. The van der Waals surface area contributed by atoms with Crippen LogP contribution in [0, 0.1) is 0 Å². The van der Waals surface area contributed by atoms with Crippen molar-refractivity contribution in [3.05, 3.63) is 88.7 Å². The number of carbonyl (C=O) groups excluding carboxylic acids is 3. The molecule has 4 rings (SSSR count). The summed E-state index contributed by atoms with van der Waals surface area (Å²) in [6.45, 7) is 2.02. The molecule has 4 amide bonds. The highest BCUT2D eigenvalue weighted by molar-refractivity contribution is 6.39. The number of anilines is 1. The van der Waals surface area contributed by atoms with Crippen LogP contribution in [0.1, 0.15) is 18.2 Å². The van der Waals surface area contributed by atoms with Gasteiger partial charge in [-0.2, -0.15) is 0 Å². The lowest BCUT2D eigenvalue weighted by molar-refractivity contribution is -0.122. The van der Waals surface area contributed by atoms with Gasteiger partial charge in [-0.05, 0) is 66.6 Å². The average Bonchev–Trinajstić information content (AvgIpc) is 3.20. The van der Waals surface area contributed by atoms with Gasteiger partial charge in [-0.25, -0.2) is 9.69 Å². The molecule has 30 heavy (non-hydrogen) atoms. The van der Waals surface area contributed by atoms with E-state index in [9.17, 15) is 14.4 Å². The third-order valence-corrected chi connectivity index (χ3v) is 5.13. The quantitative estimate of drug-likeness (QED) is 0.504. The van der Waals surface area contributed by atoms with Crippen molar-refractivity contribution in [2.45, 2.75) is 13.3 Å².